The molecule has 0 aromatic heterocycles. The standard InChI is InChI=1S/C16H38O5Si4.C10H24O2Si3/c1-15(2)16(17)18-13-12-14-25(19-22(3,4)5,20-23(6,7)8)21-24(9,10)11;1-9-13(3,4)11-15(7,8)12-14(5,6)10-2/h1,12-14H2,2-11H3;9-10H,1-2H2,3-8H3. The van der Waals surface area contributed by atoms with Crippen LogP contribution in [0, 0.1) is 0 Å². The Labute approximate surface area is 255 Å². The Bertz CT molecular complexity index is 775. The van der Waals surface area contributed by atoms with E-state index in [9.17, 15) is 4.79 Å². The topological polar surface area (TPSA) is 72.5 Å². The van der Waals surface area contributed by atoms with E-state index in [-0.39, 0.29) is 5.97 Å². The highest BCUT2D eigenvalue weighted by Crippen LogP contribution is 2.30. The average Bonchev–Trinajstić information content (AvgIpc) is 2.65. The summed E-state index contributed by atoms with van der Waals surface area (Å²) in [6.07, 6.45) is 0.671. The van der Waals surface area contributed by atoms with Gasteiger partial charge in [0.05, 0.1) is 6.61 Å². The van der Waals surface area contributed by atoms with Gasteiger partial charge in [-0.2, -0.15) is 0 Å². The minimum absolute atomic E-state index is 0.333. The van der Waals surface area contributed by atoms with Crippen LogP contribution in [0.25, 0.3) is 0 Å². The van der Waals surface area contributed by atoms with Crippen LogP contribution in [0.2, 0.25) is 104 Å². The molecule has 0 bridgehead atoms. The van der Waals surface area contributed by atoms with Crippen molar-refractivity contribution in [1.29, 1.82) is 0 Å². The molecule has 0 atom stereocenters. The zero-order chi connectivity index (χ0) is 32.4. The lowest BCUT2D eigenvalue weighted by atomic mass is 10.4. The normalized spacial score (nSPS) is 13.7. The lowest BCUT2D eigenvalue weighted by molar-refractivity contribution is -0.139. The van der Waals surface area contributed by atoms with Gasteiger partial charge in [-0.25, -0.2) is 4.79 Å². The van der Waals surface area contributed by atoms with Gasteiger partial charge in [0.25, 0.3) is 0 Å². The van der Waals surface area contributed by atoms with Crippen LogP contribution < -0.4 is 0 Å². The third-order valence-corrected chi connectivity index (χ3v) is 26.7. The first kappa shape index (κ1) is 42.1. The average molecular weight is 683 g/mol. The largest absolute Gasteiger partial charge is 0.469 e. The highest BCUT2D eigenvalue weighted by Gasteiger charge is 2.49. The minimum Gasteiger partial charge on any atom is -0.462 e. The van der Waals surface area contributed by atoms with Gasteiger partial charge in [-0.15, -0.1) is 13.2 Å². The summed E-state index contributed by atoms with van der Waals surface area (Å²) in [5.41, 5.74) is 4.32. The molecular formula is C26H62O7Si7. The Balaban J connectivity index is 0. The van der Waals surface area contributed by atoms with Crippen LogP contribution >= 0.6 is 0 Å². The molecule has 0 saturated carbocycles. The molecule has 236 valence electrons. The summed E-state index contributed by atoms with van der Waals surface area (Å²) in [4.78, 5) is 11.6. The van der Waals surface area contributed by atoms with Gasteiger partial charge in [0.2, 0.25) is 0 Å². The maximum atomic E-state index is 11.6. The van der Waals surface area contributed by atoms with Gasteiger partial charge in [-0.1, -0.05) is 18.0 Å². The molecule has 0 unspecified atom stereocenters. The SMILES string of the molecule is C=C(C)C(=O)OCCC[Si](O[Si](C)(C)C)(O[Si](C)(C)C)O[Si](C)(C)C.C=C[Si](C)(C)O[Si](C)(C)O[Si](C)(C)C=C. The van der Waals surface area contributed by atoms with Crippen LogP contribution in [-0.4, -0.2) is 71.5 Å². The van der Waals surface area contributed by atoms with E-state index in [1.54, 1.807) is 6.92 Å². The van der Waals surface area contributed by atoms with Crippen molar-refractivity contribution >= 4 is 64.9 Å². The molecule has 0 spiro atoms. The fraction of sp³-hybridized carbons (Fsp3) is 0.731. The monoisotopic (exact) mass is 682 g/mol. The van der Waals surface area contributed by atoms with E-state index in [1.807, 2.05) is 11.4 Å². The predicted octanol–water partition coefficient (Wildman–Crippen LogP) is 8.57. The van der Waals surface area contributed by atoms with Crippen LogP contribution in [0.1, 0.15) is 13.3 Å². The molecule has 0 heterocycles. The van der Waals surface area contributed by atoms with Crippen LogP contribution in [-0.2, 0) is 30.1 Å². The van der Waals surface area contributed by atoms with Gasteiger partial charge < -0.3 is 25.3 Å². The van der Waals surface area contributed by atoms with Crippen LogP contribution in [0.5, 0.6) is 0 Å². The second-order valence-electron chi connectivity index (χ2n) is 14.6. The molecule has 14 heteroatoms. The van der Waals surface area contributed by atoms with Gasteiger partial charge in [-0.3, -0.25) is 0 Å². The predicted molar refractivity (Wildman–Crippen MR) is 189 cm³/mol. The first-order chi connectivity index (χ1) is 17.5. The first-order valence-corrected chi connectivity index (χ1v) is 35.0. The second kappa shape index (κ2) is 16.2. The van der Waals surface area contributed by atoms with Gasteiger partial charge in [0.15, 0.2) is 41.6 Å². The van der Waals surface area contributed by atoms with Crippen molar-refractivity contribution in [3.8, 4) is 0 Å². The fourth-order valence-corrected chi connectivity index (χ4v) is 29.5. The molecule has 0 amide bonds. The van der Waals surface area contributed by atoms with E-state index in [2.05, 4.69) is 118 Å². The van der Waals surface area contributed by atoms with E-state index in [1.165, 1.54) is 0 Å². The highest BCUT2D eigenvalue weighted by molar-refractivity contribution is 6.91. The molecule has 0 rings (SSSR count). The first-order valence-electron chi connectivity index (χ1n) is 14.1. The van der Waals surface area contributed by atoms with E-state index in [4.69, 9.17) is 25.3 Å². The molecule has 0 saturated heterocycles. The molecule has 40 heavy (non-hydrogen) atoms. The summed E-state index contributed by atoms with van der Waals surface area (Å²) in [5.74, 6) is -0.351. The zero-order valence-electron chi connectivity index (χ0n) is 28.8. The van der Waals surface area contributed by atoms with Crippen LogP contribution in [0.3, 0.4) is 0 Å². The Morgan fingerprint density at radius 3 is 1.20 bits per heavy atom. The molecule has 0 aromatic carbocycles. The number of hydrogen-bond donors (Lipinski definition) is 0. The van der Waals surface area contributed by atoms with Gasteiger partial charge >= 0.3 is 23.3 Å². The minimum atomic E-state index is -2.83. The number of rotatable bonds is 17. The van der Waals surface area contributed by atoms with Crippen molar-refractivity contribution in [2.45, 2.75) is 118 Å². The molecule has 0 aliphatic heterocycles. The van der Waals surface area contributed by atoms with Crippen molar-refractivity contribution in [2.75, 3.05) is 6.61 Å². The quantitative estimate of drug-likeness (QED) is 0.0659. The van der Waals surface area contributed by atoms with E-state index in [0.29, 0.717) is 24.6 Å². The smallest absolute Gasteiger partial charge is 0.462 e. The van der Waals surface area contributed by atoms with Crippen molar-refractivity contribution in [2.24, 2.45) is 0 Å². The summed E-state index contributed by atoms with van der Waals surface area (Å²) in [6, 6.07) is 0.676. The number of carbonyl (C=O) groups excluding carboxylic acids is 1. The Morgan fingerprint density at radius 1 is 0.625 bits per heavy atom. The molecular weight excluding hydrogens is 621 g/mol. The van der Waals surface area contributed by atoms with E-state index >= 15 is 0 Å². The highest BCUT2D eigenvalue weighted by atomic mass is 28.5. The Morgan fingerprint density at radius 2 is 0.950 bits per heavy atom. The number of ether oxygens (including phenoxy) is 1. The molecule has 7 nitrogen and oxygen atoms in total. The summed E-state index contributed by atoms with van der Waals surface area (Å²) >= 11 is 0. The van der Waals surface area contributed by atoms with E-state index in [0.717, 1.165) is 0 Å². The summed E-state index contributed by atoms with van der Waals surface area (Å²) < 4.78 is 37.2. The van der Waals surface area contributed by atoms with Crippen molar-refractivity contribution in [3.05, 3.63) is 36.7 Å². The summed E-state index contributed by atoms with van der Waals surface area (Å²) in [5, 5.41) is 0. The zero-order valence-corrected chi connectivity index (χ0v) is 35.8. The second-order valence-corrected chi connectivity index (χ2v) is 43.2. The molecule has 0 aromatic rings. The fourth-order valence-electron chi connectivity index (χ4n) is 3.56. The number of hydrogen-bond acceptors (Lipinski definition) is 7. The van der Waals surface area contributed by atoms with E-state index < -0.39 is 59.0 Å². The van der Waals surface area contributed by atoms with Crippen molar-refractivity contribution in [1.82, 2.24) is 0 Å². The number of esters is 1. The molecule has 0 N–H and O–H groups in total. The van der Waals surface area contributed by atoms with Crippen molar-refractivity contribution < 1.29 is 30.1 Å². The van der Waals surface area contributed by atoms with Gasteiger partial charge in [0, 0.05) is 11.6 Å². The molecule has 0 fully saturated rings. The van der Waals surface area contributed by atoms with Gasteiger partial charge in [0.1, 0.15) is 0 Å². The molecule has 0 aliphatic carbocycles. The maximum Gasteiger partial charge on any atom is 0.469 e. The maximum absolute atomic E-state index is 11.6. The van der Waals surface area contributed by atoms with Crippen LogP contribution in [0.15, 0.2) is 36.7 Å². The Hall–Kier alpha value is 0.00818. The summed E-state index contributed by atoms with van der Waals surface area (Å²) in [7, 11) is -13.9. The lowest BCUT2D eigenvalue weighted by Crippen LogP contribution is -2.60. The summed E-state index contributed by atoms with van der Waals surface area (Å²) in [6.45, 7) is 45.5. The van der Waals surface area contributed by atoms with Crippen LogP contribution in [0.4, 0.5) is 0 Å². The third-order valence-electron chi connectivity index (χ3n) is 4.59. The molecule has 0 radical (unpaired) electrons. The molecule has 0 aliphatic rings. The van der Waals surface area contributed by atoms with Crippen molar-refractivity contribution in [3.63, 3.8) is 0 Å². The third kappa shape index (κ3) is 22.6. The Kier molecular flexibility index (Phi) is 17.1. The van der Waals surface area contributed by atoms with Gasteiger partial charge in [-0.05, 0) is 112 Å². The number of carbonyl (C=O) groups is 1. The lowest BCUT2D eigenvalue weighted by Gasteiger charge is -2.42.